The average Bonchev–Trinajstić information content (AvgIpc) is 2.65. The first-order chi connectivity index (χ1) is 9.20. The Bertz CT molecular complexity index is 744. The third-order valence-electron chi connectivity index (χ3n) is 2.82. The Morgan fingerprint density at radius 1 is 1.05 bits per heavy atom. The summed E-state index contributed by atoms with van der Waals surface area (Å²) in [5, 5.41) is 0. The van der Waals surface area contributed by atoms with Crippen molar-refractivity contribution >= 4 is 58.9 Å². The molecule has 0 unspecified atom stereocenters. The first kappa shape index (κ1) is 16.0. The summed E-state index contributed by atoms with van der Waals surface area (Å²) in [5.41, 5.74) is 2.56. The Kier molecular flexibility index (Phi) is 4.63. The third kappa shape index (κ3) is 3.27. The number of hydrogen-bond acceptors (Lipinski definition) is 3. The zero-order valence-corrected chi connectivity index (χ0v) is 15.9. The highest BCUT2D eigenvalue weighted by Gasteiger charge is 2.20. The number of aryl methyl sites for hydroxylation is 3. The second-order valence-corrected chi connectivity index (χ2v) is 9.58. The molecular formula is C13H13Br2NO2S2. The van der Waals surface area contributed by atoms with Crippen LogP contribution in [0.4, 0.5) is 5.69 Å². The molecule has 0 radical (unpaired) electrons. The van der Waals surface area contributed by atoms with Crippen molar-refractivity contribution in [3.63, 3.8) is 0 Å². The van der Waals surface area contributed by atoms with Crippen molar-refractivity contribution in [2.75, 3.05) is 4.72 Å². The van der Waals surface area contributed by atoms with Gasteiger partial charge in [0.1, 0.15) is 4.90 Å². The summed E-state index contributed by atoms with van der Waals surface area (Å²) in [7, 11) is -3.55. The van der Waals surface area contributed by atoms with Crippen molar-refractivity contribution in [1.29, 1.82) is 0 Å². The molecule has 2 rings (SSSR count). The highest BCUT2D eigenvalue weighted by Crippen LogP contribution is 2.32. The SMILES string of the molecule is Cc1cc(NS(=O)(=O)c2cc(Br)sc2C)cc(C)c1Br. The molecule has 1 aromatic carbocycles. The lowest BCUT2D eigenvalue weighted by atomic mass is 10.1. The van der Waals surface area contributed by atoms with E-state index in [1.807, 2.05) is 26.0 Å². The largest absolute Gasteiger partial charge is 0.280 e. The van der Waals surface area contributed by atoms with E-state index in [9.17, 15) is 8.42 Å². The van der Waals surface area contributed by atoms with Crippen LogP contribution in [0.3, 0.4) is 0 Å². The van der Waals surface area contributed by atoms with Crippen molar-refractivity contribution in [2.24, 2.45) is 0 Å². The molecule has 20 heavy (non-hydrogen) atoms. The van der Waals surface area contributed by atoms with Crippen molar-refractivity contribution in [1.82, 2.24) is 0 Å². The first-order valence-corrected chi connectivity index (χ1v) is 9.65. The van der Waals surface area contributed by atoms with Gasteiger partial charge in [0.05, 0.1) is 3.79 Å². The molecule has 0 aliphatic heterocycles. The number of anilines is 1. The van der Waals surface area contributed by atoms with Crippen LogP contribution < -0.4 is 4.72 Å². The maximum Gasteiger partial charge on any atom is 0.263 e. The van der Waals surface area contributed by atoms with Crippen LogP contribution in [0.2, 0.25) is 0 Å². The van der Waals surface area contributed by atoms with E-state index in [0.29, 0.717) is 10.6 Å². The van der Waals surface area contributed by atoms with Crippen molar-refractivity contribution in [3.05, 3.63) is 42.5 Å². The minimum absolute atomic E-state index is 0.313. The Balaban J connectivity index is 2.41. The molecule has 7 heteroatoms. The summed E-state index contributed by atoms with van der Waals surface area (Å²) in [6.07, 6.45) is 0. The highest BCUT2D eigenvalue weighted by molar-refractivity contribution is 9.11. The summed E-state index contributed by atoms with van der Waals surface area (Å²) in [4.78, 5) is 1.07. The summed E-state index contributed by atoms with van der Waals surface area (Å²) < 4.78 is 29.2. The van der Waals surface area contributed by atoms with Crippen molar-refractivity contribution < 1.29 is 8.42 Å². The fourth-order valence-electron chi connectivity index (χ4n) is 1.91. The molecule has 1 N–H and O–H groups in total. The monoisotopic (exact) mass is 437 g/mol. The van der Waals surface area contributed by atoms with Gasteiger partial charge in [-0.25, -0.2) is 8.42 Å². The predicted octanol–water partition coefficient (Wildman–Crippen LogP) is 5.00. The summed E-state index contributed by atoms with van der Waals surface area (Å²) in [6, 6.07) is 5.25. The van der Waals surface area contributed by atoms with Gasteiger partial charge >= 0.3 is 0 Å². The fraction of sp³-hybridized carbons (Fsp3) is 0.231. The van der Waals surface area contributed by atoms with Crippen LogP contribution in [0.15, 0.2) is 31.4 Å². The first-order valence-electron chi connectivity index (χ1n) is 5.76. The van der Waals surface area contributed by atoms with Gasteiger partial charge in [-0.2, -0.15) is 0 Å². The second kappa shape index (κ2) is 5.79. The average molecular weight is 439 g/mol. The van der Waals surface area contributed by atoms with E-state index >= 15 is 0 Å². The van der Waals surface area contributed by atoms with E-state index in [4.69, 9.17) is 0 Å². The van der Waals surface area contributed by atoms with Crippen LogP contribution in [0.5, 0.6) is 0 Å². The van der Waals surface area contributed by atoms with Crippen LogP contribution in [-0.2, 0) is 10.0 Å². The summed E-state index contributed by atoms with van der Waals surface area (Å²) in [5.74, 6) is 0. The molecule has 2 aromatic rings. The third-order valence-corrected chi connectivity index (χ3v) is 7.26. The molecule has 3 nitrogen and oxygen atoms in total. The number of sulfonamides is 1. The summed E-state index contributed by atoms with van der Waals surface area (Å²) in [6.45, 7) is 5.66. The van der Waals surface area contributed by atoms with Crippen LogP contribution >= 0.6 is 43.2 Å². The van der Waals surface area contributed by atoms with Gasteiger partial charge in [-0.3, -0.25) is 4.72 Å². The maximum atomic E-state index is 12.4. The van der Waals surface area contributed by atoms with Crippen molar-refractivity contribution in [2.45, 2.75) is 25.7 Å². The zero-order valence-electron chi connectivity index (χ0n) is 11.1. The number of halogens is 2. The zero-order chi connectivity index (χ0) is 15.1. The molecule has 108 valence electrons. The number of rotatable bonds is 3. The van der Waals surface area contributed by atoms with Gasteiger partial charge in [0.25, 0.3) is 10.0 Å². The van der Waals surface area contributed by atoms with Gasteiger partial charge < -0.3 is 0 Å². The van der Waals surface area contributed by atoms with E-state index in [1.165, 1.54) is 11.3 Å². The Labute approximate surface area is 139 Å². The van der Waals surface area contributed by atoms with Gasteiger partial charge in [0.2, 0.25) is 0 Å². The molecular weight excluding hydrogens is 426 g/mol. The van der Waals surface area contributed by atoms with E-state index in [0.717, 1.165) is 24.3 Å². The predicted molar refractivity (Wildman–Crippen MR) is 91.2 cm³/mol. The molecule has 1 aromatic heterocycles. The molecule has 0 amide bonds. The van der Waals surface area contributed by atoms with E-state index in [2.05, 4.69) is 36.6 Å². The topological polar surface area (TPSA) is 46.2 Å². The van der Waals surface area contributed by atoms with Gasteiger partial charge in [0, 0.05) is 15.0 Å². The highest BCUT2D eigenvalue weighted by atomic mass is 79.9. The molecule has 0 aliphatic rings. The minimum atomic E-state index is -3.55. The van der Waals surface area contributed by atoms with Crippen molar-refractivity contribution in [3.8, 4) is 0 Å². The van der Waals surface area contributed by atoms with Crippen LogP contribution in [0.25, 0.3) is 0 Å². The Hall–Kier alpha value is -0.370. The number of thiophene rings is 1. The smallest absolute Gasteiger partial charge is 0.263 e. The van der Waals surface area contributed by atoms with Crippen LogP contribution in [0.1, 0.15) is 16.0 Å². The van der Waals surface area contributed by atoms with Crippen LogP contribution in [0, 0.1) is 20.8 Å². The molecule has 0 atom stereocenters. The van der Waals surface area contributed by atoms with Gasteiger partial charge in [-0.1, -0.05) is 15.9 Å². The Morgan fingerprint density at radius 3 is 2.05 bits per heavy atom. The van der Waals surface area contributed by atoms with E-state index < -0.39 is 10.0 Å². The lowest BCUT2D eigenvalue weighted by molar-refractivity contribution is 0.601. The molecule has 0 aliphatic carbocycles. The maximum absolute atomic E-state index is 12.4. The molecule has 0 bridgehead atoms. The Morgan fingerprint density at radius 2 is 1.60 bits per heavy atom. The molecule has 0 saturated carbocycles. The summed E-state index contributed by atoms with van der Waals surface area (Å²) >= 11 is 8.19. The normalized spacial score (nSPS) is 11.7. The second-order valence-electron chi connectivity index (χ2n) is 4.50. The van der Waals surface area contributed by atoms with E-state index in [-0.39, 0.29) is 0 Å². The van der Waals surface area contributed by atoms with E-state index in [1.54, 1.807) is 13.0 Å². The van der Waals surface area contributed by atoms with Crippen LogP contribution in [-0.4, -0.2) is 8.42 Å². The number of benzene rings is 1. The lowest BCUT2D eigenvalue weighted by Gasteiger charge is -2.11. The quantitative estimate of drug-likeness (QED) is 0.732. The van der Waals surface area contributed by atoms with Gasteiger partial charge in [-0.05, 0) is 66.0 Å². The van der Waals surface area contributed by atoms with Gasteiger partial charge in [0.15, 0.2) is 0 Å². The standard InChI is InChI=1S/C13H13Br2NO2S2/c1-7-4-10(5-8(2)13(7)15)16-20(17,18)11-6-12(14)19-9(11)3/h4-6,16H,1-3H3. The lowest BCUT2D eigenvalue weighted by Crippen LogP contribution is -2.13. The molecule has 0 spiro atoms. The minimum Gasteiger partial charge on any atom is -0.280 e. The molecule has 0 fully saturated rings. The molecule has 0 saturated heterocycles. The number of nitrogens with one attached hydrogen (secondary N) is 1. The fourth-order valence-corrected chi connectivity index (χ4v) is 5.60. The number of hydrogen-bond donors (Lipinski definition) is 1. The van der Waals surface area contributed by atoms with Gasteiger partial charge in [-0.15, -0.1) is 11.3 Å². The molecule has 1 heterocycles.